The molecule has 1 aliphatic rings. The predicted octanol–water partition coefficient (Wildman–Crippen LogP) is 0.814. The number of hydrogen-bond donors (Lipinski definition) is 1. The molecule has 16 heavy (non-hydrogen) atoms. The Hall–Kier alpha value is -0.940. The summed E-state index contributed by atoms with van der Waals surface area (Å²) >= 11 is 0. The van der Waals surface area contributed by atoms with Crippen LogP contribution in [0.1, 0.15) is 25.5 Å². The summed E-state index contributed by atoms with van der Waals surface area (Å²) < 4.78 is 7.23. The maximum atomic E-state index is 5.29. The van der Waals surface area contributed by atoms with Gasteiger partial charge in [0, 0.05) is 13.2 Å². The number of ether oxygens (including phenoxy) is 1. The summed E-state index contributed by atoms with van der Waals surface area (Å²) in [5, 5.41) is 11.6. The molecule has 0 spiro atoms. The van der Waals surface area contributed by atoms with Gasteiger partial charge in [-0.25, -0.2) is 0 Å². The molecule has 5 nitrogen and oxygen atoms in total. The Bertz CT molecular complexity index is 307. The number of aromatic nitrogens is 3. The van der Waals surface area contributed by atoms with Gasteiger partial charge in [-0.1, -0.05) is 5.21 Å². The van der Waals surface area contributed by atoms with Gasteiger partial charge in [-0.2, -0.15) is 0 Å². The van der Waals surface area contributed by atoms with Gasteiger partial charge in [0.1, 0.15) is 5.69 Å². The van der Waals surface area contributed by atoms with Crippen molar-refractivity contribution in [3.05, 3.63) is 11.9 Å². The van der Waals surface area contributed by atoms with Crippen molar-refractivity contribution in [2.24, 2.45) is 5.92 Å². The Kier molecular flexibility index (Phi) is 4.30. The average Bonchev–Trinajstić information content (AvgIpc) is 2.75. The van der Waals surface area contributed by atoms with Crippen LogP contribution in [0.2, 0.25) is 0 Å². The lowest BCUT2D eigenvalue weighted by Crippen LogP contribution is -2.32. The van der Waals surface area contributed by atoms with Crippen molar-refractivity contribution in [2.45, 2.75) is 32.9 Å². The van der Waals surface area contributed by atoms with Crippen molar-refractivity contribution in [3.8, 4) is 0 Å². The minimum atomic E-state index is 0.569. The highest BCUT2D eigenvalue weighted by Crippen LogP contribution is 2.12. The molecular weight excluding hydrogens is 204 g/mol. The van der Waals surface area contributed by atoms with E-state index in [4.69, 9.17) is 4.74 Å². The lowest BCUT2D eigenvalue weighted by Gasteiger charge is -2.22. The van der Waals surface area contributed by atoms with E-state index < -0.39 is 0 Å². The average molecular weight is 224 g/mol. The molecule has 1 aromatic heterocycles. The Morgan fingerprint density at radius 2 is 2.56 bits per heavy atom. The van der Waals surface area contributed by atoms with Crippen LogP contribution in [0.5, 0.6) is 0 Å². The summed E-state index contributed by atoms with van der Waals surface area (Å²) in [5.41, 5.74) is 0.922. The first-order valence-corrected chi connectivity index (χ1v) is 6.06. The lowest BCUT2D eigenvalue weighted by atomic mass is 10.00. The molecule has 0 amide bonds. The highest BCUT2D eigenvalue weighted by atomic mass is 16.5. The molecule has 1 aromatic rings. The lowest BCUT2D eigenvalue weighted by molar-refractivity contribution is 0.131. The van der Waals surface area contributed by atoms with Crippen LogP contribution in [-0.4, -0.2) is 34.7 Å². The summed E-state index contributed by atoms with van der Waals surface area (Å²) in [5.74, 6) is 0.690. The van der Waals surface area contributed by atoms with Gasteiger partial charge in [0.2, 0.25) is 0 Å². The van der Waals surface area contributed by atoms with Crippen LogP contribution < -0.4 is 5.32 Å². The van der Waals surface area contributed by atoms with Crippen LogP contribution >= 0.6 is 0 Å². The van der Waals surface area contributed by atoms with Crippen LogP contribution in [0.4, 0.5) is 0 Å². The van der Waals surface area contributed by atoms with Crippen molar-refractivity contribution in [1.82, 2.24) is 20.3 Å². The molecule has 0 unspecified atom stereocenters. The monoisotopic (exact) mass is 224 g/mol. The molecule has 90 valence electrons. The summed E-state index contributed by atoms with van der Waals surface area (Å²) in [6, 6.07) is 0. The minimum absolute atomic E-state index is 0.569. The van der Waals surface area contributed by atoms with Crippen molar-refractivity contribution >= 4 is 0 Å². The second kappa shape index (κ2) is 5.96. The smallest absolute Gasteiger partial charge is 0.108 e. The third kappa shape index (κ3) is 3.28. The van der Waals surface area contributed by atoms with Crippen molar-refractivity contribution in [1.29, 1.82) is 0 Å². The van der Waals surface area contributed by atoms with E-state index in [2.05, 4.69) is 15.6 Å². The van der Waals surface area contributed by atoms with Crippen molar-refractivity contribution in [3.63, 3.8) is 0 Å². The highest BCUT2D eigenvalue weighted by Gasteiger charge is 2.14. The maximum absolute atomic E-state index is 5.29. The molecule has 0 aliphatic carbocycles. The zero-order valence-electron chi connectivity index (χ0n) is 9.85. The van der Waals surface area contributed by atoms with Gasteiger partial charge in [-0.05, 0) is 38.8 Å². The Balaban J connectivity index is 1.81. The topological polar surface area (TPSA) is 52.0 Å². The molecule has 0 saturated carbocycles. The van der Waals surface area contributed by atoms with Gasteiger partial charge < -0.3 is 10.1 Å². The zero-order valence-corrected chi connectivity index (χ0v) is 9.85. The van der Waals surface area contributed by atoms with E-state index in [-0.39, 0.29) is 0 Å². The molecule has 1 saturated heterocycles. The molecule has 0 bridgehead atoms. The fourth-order valence-corrected chi connectivity index (χ4v) is 2.04. The maximum Gasteiger partial charge on any atom is 0.108 e. The number of rotatable bonds is 5. The van der Waals surface area contributed by atoms with E-state index in [1.54, 1.807) is 0 Å². The normalized spacial score (nSPS) is 21.2. The number of hydrogen-bond acceptors (Lipinski definition) is 4. The van der Waals surface area contributed by atoms with Gasteiger partial charge in [-0.3, -0.25) is 4.68 Å². The van der Waals surface area contributed by atoms with Gasteiger partial charge in [-0.15, -0.1) is 5.10 Å². The van der Waals surface area contributed by atoms with E-state index in [1.165, 1.54) is 12.8 Å². The molecule has 0 radical (unpaired) electrons. The van der Waals surface area contributed by atoms with Crippen LogP contribution in [0.15, 0.2) is 6.20 Å². The molecule has 0 aromatic carbocycles. The first-order valence-electron chi connectivity index (χ1n) is 6.06. The number of piperidine rings is 1. The molecule has 1 fully saturated rings. The summed E-state index contributed by atoms with van der Waals surface area (Å²) in [4.78, 5) is 0. The summed E-state index contributed by atoms with van der Waals surface area (Å²) in [7, 11) is 0. The zero-order chi connectivity index (χ0) is 11.2. The highest BCUT2D eigenvalue weighted by molar-refractivity contribution is 4.90. The van der Waals surface area contributed by atoms with Crippen molar-refractivity contribution < 1.29 is 4.74 Å². The summed E-state index contributed by atoms with van der Waals surface area (Å²) in [6.45, 7) is 6.49. The predicted molar refractivity (Wildman–Crippen MR) is 60.9 cm³/mol. The van der Waals surface area contributed by atoms with Crippen LogP contribution in [0.25, 0.3) is 0 Å². The number of nitrogens with one attached hydrogen (secondary N) is 1. The van der Waals surface area contributed by atoms with Crippen molar-refractivity contribution in [2.75, 3.05) is 19.7 Å². The SMILES string of the molecule is CCOCc1cn(C[C@@H]2CCCNC2)nn1. The first-order chi connectivity index (χ1) is 7.88. The molecular formula is C11H20N4O. The third-order valence-corrected chi connectivity index (χ3v) is 2.88. The van der Waals surface area contributed by atoms with E-state index in [0.29, 0.717) is 12.5 Å². The van der Waals surface area contributed by atoms with E-state index >= 15 is 0 Å². The van der Waals surface area contributed by atoms with E-state index in [1.807, 2.05) is 17.8 Å². The van der Waals surface area contributed by atoms with Gasteiger partial charge in [0.15, 0.2) is 0 Å². The van der Waals surface area contributed by atoms with Gasteiger partial charge in [0.25, 0.3) is 0 Å². The molecule has 1 aliphatic heterocycles. The first kappa shape index (κ1) is 11.5. The summed E-state index contributed by atoms with van der Waals surface area (Å²) in [6.07, 6.45) is 4.54. The van der Waals surface area contributed by atoms with Gasteiger partial charge >= 0.3 is 0 Å². The largest absolute Gasteiger partial charge is 0.375 e. The quantitative estimate of drug-likeness (QED) is 0.804. The Morgan fingerprint density at radius 1 is 1.62 bits per heavy atom. The Morgan fingerprint density at radius 3 is 3.31 bits per heavy atom. The van der Waals surface area contributed by atoms with Crippen LogP contribution in [0, 0.1) is 5.92 Å². The minimum Gasteiger partial charge on any atom is -0.375 e. The second-order valence-corrected chi connectivity index (χ2v) is 4.28. The molecule has 2 rings (SSSR count). The van der Waals surface area contributed by atoms with Crippen LogP contribution in [-0.2, 0) is 17.9 Å². The fourth-order valence-electron chi connectivity index (χ4n) is 2.04. The standard InChI is InChI=1S/C11H20N4O/c1-2-16-9-11-8-15(14-13-11)7-10-4-3-5-12-6-10/h8,10,12H,2-7,9H2,1H3/t10-/m1/s1. The second-order valence-electron chi connectivity index (χ2n) is 4.28. The number of nitrogens with zero attached hydrogens (tertiary/aromatic N) is 3. The van der Waals surface area contributed by atoms with E-state index in [0.717, 1.165) is 31.9 Å². The van der Waals surface area contributed by atoms with Crippen LogP contribution in [0.3, 0.4) is 0 Å². The molecule has 5 heteroatoms. The Labute approximate surface area is 96.2 Å². The van der Waals surface area contributed by atoms with E-state index in [9.17, 15) is 0 Å². The van der Waals surface area contributed by atoms with Gasteiger partial charge in [0.05, 0.1) is 12.8 Å². The molecule has 1 atom stereocenters. The fraction of sp³-hybridized carbons (Fsp3) is 0.818. The third-order valence-electron chi connectivity index (χ3n) is 2.88. The molecule has 1 N–H and O–H groups in total. The molecule has 2 heterocycles.